The van der Waals surface area contributed by atoms with Gasteiger partial charge in [-0.2, -0.15) is 0 Å². The molecule has 0 unspecified atom stereocenters. The summed E-state index contributed by atoms with van der Waals surface area (Å²) in [5, 5.41) is 0. The summed E-state index contributed by atoms with van der Waals surface area (Å²) in [6.07, 6.45) is 1.71. The van der Waals surface area contributed by atoms with Crippen LogP contribution in [0.25, 0.3) is 0 Å². The zero-order valence-corrected chi connectivity index (χ0v) is 6.42. The van der Waals surface area contributed by atoms with Gasteiger partial charge in [0.1, 0.15) is 12.4 Å². The minimum atomic E-state index is 0.534. The third-order valence-electron chi connectivity index (χ3n) is 1.33. The molecule has 0 heterocycles. The average Bonchev–Trinajstić information content (AvgIpc) is 2.03. The molecule has 1 aromatic rings. The van der Waals surface area contributed by atoms with E-state index in [2.05, 4.69) is 13.5 Å². The number of benzene rings is 1. The predicted octanol–water partition coefficient (Wildman–Crippen LogP) is 2.43. The van der Waals surface area contributed by atoms with E-state index in [1.165, 1.54) is 0 Å². The van der Waals surface area contributed by atoms with Crippen LogP contribution in [-0.4, -0.2) is 6.61 Å². The van der Waals surface area contributed by atoms with Gasteiger partial charge in [-0.05, 0) is 18.6 Å². The molecule has 57 valence electrons. The summed E-state index contributed by atoms with van der Waals surface area (Å²) in [6, 6.07) is 7.67. The maximum absolute atomic E-state index is 5.31. The van der Waals surface area contributed by atoms with E-state index in [-0.39, 0.29) is 0 Å². The SMILES string of the molecule is [CH2]c1ccccc1OCC=C. The van der Waals surface area contributed by atoms with Crippen LogP contribution >= 0.6 is 0 Å². The molecule has 0 saturated carbocycles. The first kappa shape index (κ1) is 7.86. The molecule has 0 bridgehead atoms. The zero-order valence-electron chi connectivity index (χ0n) is 6.42. The van der Waals surface area contributed by atoms with Crippen LogP contribution in [0.4, 0.5) is 0 Å². The monoisotopic (exact) mass is 147 g/mol. The fourth-order valence-electron chi connectivity index (χ4n) is 0.793. The van der Waals surface area contributed by atoms with Gasteiger partial charge in [-0.15, -0.1) is 0 Å². The van der Waals surface area contributed by atoms with Crippen molar-refractivity contribution in [2.75, 3.05) is 6.61 Å². The molecule has 0 spiro atoms. The molecular formula is C10H11O. The summed E-state index contributed by atoms with van der Waals surface area (Å²) in [4.78, 5) is 0. The van der Waals surface area contributed by atoms with Crippen molar-refractivity contribution in [3.63, 3.8) is 0 Å². The van der Waals surface area contributed by atoms with Crippen LogP contribution in [0.15, 0.2) is 36.9 Å². The summed E-state index contributed by atoms with van der Waals surface area (Å²) in [5.74, 6) is 0.826. The van der Waals surface area contributed by atoms with Crippen LogP contribution in [0.3, 0.4) is 0 Å². The maximum Gasteiger partial charge on any atom is 0.122 e. The van der Waals surface area contributed by atoms with Crippen molar-refractivity contribution >= 4 is 0 Å². The molecule has 0 atom stereocenters. The third-order valence-corrected chi connectivity index (χ3v) is 1.33. The topological polar surface area (TPSA) is 9.23 Å². The van der Waals surface area contributed by atoms with Crippen molar-refractivity contribution in [3.05, 3.63) is 49.4 Å². The van der Waals surface area contributed by atoms with Crippen LogP contribution < -0.4 is 4.74 Å². The molecule has 0 aromatic heterocycles. The first-order chi connectivity index (χ1) is 5.34. The molecule has 11 heavy (non-hydrogen) atoms. The first-order valence-electron chi connectivity index (χ1n) is 3.49. The normalized spacial score (nSPS) is 9.18. The van der Waals surface area contributed by atoms with Crippen LogP contribution in [0.1, 0.15) is 5.56 Å². The highest BCUT2D eigenvalue weighted by atomic mass is 16.5. The number of rotatable bonds is 3. The molecule has 1 rings (SSSR count). The van der Waals surface area contributed by atoms with Gasteiger partial charge in [0.25, 0.3) is 0 Å². The zero-order chi connectivity index (χ0) is 8.10. The largest absolute Gasteiger partial charge is 0.489 e. The summed E-state index contributed by atoms with van der Waals surface area (Å²) in [5.41, 5.74) is 0.911. The van der Waals surface area contributed by atoms with E-state index in [9.17, 15) is 0 Å². The number of ether oxygens (including phenoxy) is 1. The molecule has 0 aliphatic heterocycles. The lowest BCUT2D eigenvalue weighted by Gasteiger charge is -2.04. The Morgan fingerprint density at radius 2 is 2.09 bits per heavy atom. The van der Waals surface area contributed by atoms with Gasteiger partial charge < -0.3 is 4.74 Å². The second kappa shape index (κ2) is 3.81. The molecule has 0 amide bonds. The van der Waals surface area contributed by atoms with Crippen LogP contribution in [-0.2, 0) is 0 Å². The maximum atomic E-state index is 5.31. The summed E-state index contributed by atoms with van der Waals surface area (Å²) in [7, 11) is 0. The van der Waals surface area contributed by atoms with Crippen LogP contribution in [0.2, 0.25) is 0 Å². The van der Waals surface area contributed by atoms with Gasteiger partial charge in [-0.25, -0.2) is 0 Å². The summed E-state index contributed by atoms with van der Waals surface area (Å²) < 4.78 is 5.31. The Hall–Kier alpha value is -1.24. The highest BCUT2D eigenvalue weighted by Crippen LogP contribution is 2.15. The summed E-state index contributed by atoms with van der Waals surface area (Å²) in [6.45, 7) is 7.91. The quantitative estimate of drug-likeness (QED) is 0.596. The van der Waals surface area contributed by atoms with E-state index in [1.54, 1.807) is 6.08 Å². The second-order valence-corrected chi connectivity index (χ2v) is 2.21. The Labute approximate surface area is 67.3 Å². The number of hydrogen-bond acceptors (Lipinski definition) is 1. The number of para-hydroxylation sites is 1. The number of hydrogen-bond donors (Lipinski definition) is 0. The Kier molecular flexibility index (Phi) is 2.73. The smallest absolute Gasteiger partial charge is 0.122 e. The van der Waals surface area contributed by atoms with Gasteiger partial charge in [0.15, 0.2) is 0 Å². The molecule has 0 aliphatic carbocycles. The lowest BCUT2D eigenvalue weighted by atomic mass is 10.2. The van der Waals surface area contributed by atoms with Gasteiger partial charge in [0.2, 0.25) is 0 Å². The fourth-order valence-corrected chi connectivity index (χ4v) is 0.793. The Balaban J connectivity index is 2.69. The summed E-state index contributed by atoms with van der Waals surface area (Å²) >= 11 is 0. The van der Waals surface area contributed by atoms with E-state index in [0.29, 0.717) is 6.61 Å². The third kappa shape index (κ3) is 2.11. The highest BCUT2D eigenvalue weighted by Gasteiger charge is 1.93. The lowest BCUT2D eigenvalue weighted by molar-refractivity contribution is 0.362. The van der Waals surface area contributed by atoms with Crippen molar-refractivity contribution in [3.8, 4) is 5.75 Å². The van der Waals surface area contributed by atoms with Gasteiger partial charge in [-0.1, -0.05) is 30.9 Å². The highest BCUT2D eigenvalue weighted by molar-refractivity contribution is 5.35. The standard InChI is InChI=1S/C10H11O/c1-3-8-11-10-7-5-4-6-9(10)2/h3-7H,1-2,8H2. The van der Waals surface area contributed by atoms with Crippen molar-refractivity contribution in [2.45, 2.75) is 0 Å². The molecule has 1 heteroatoms. The Bertz CT molecular complexity index is 240. The minimum Gasteiger partial charge on any atom is -0.489 e. The molecule has 0 saturated heterocycles. The van der Waals surface area contributed by atoms with E-state index in [1.807, 2.05) is 24.3 Å². The van der Waals surface area contributed by atoms with Crippen molar-refractivity contribution in [2.24, 2.45) is 0 Å². The van der Waals surface area contributed by atoms with Crippen molar-refractivity contribution < 1.29 is 4.74 Å². The van der Waals surface area contributed by atoms with E-state index in [0.717, 1.165) is 11.3 Å². The molecule has 1 nitrogen and oxygen atoms in total. The van der Waals surface area contributed by atoms with Crippen molar-refractivity contribution in [1.29, 1.82) is 0 Å². The van der Waals surface area contributed by atoms with Crippen molar-refractivity contribution in [1.82, 2.24) is 0 Å². The molecule has 0 N–H and O–H groups in total. The molecule has 0 fully saturated rings. The van der Waals surface area contributed by atoms with Crippen LogP contribution in [0.5, 0.6) is 5.75 Å². The Morgan fingerprint density at radius 1 is 1.36 bits per heavy atom. The van der Waals surface area contributed by atoms with E-state index < -0.39 is 0 Å². The second-order valence-electron chi connectivity index (χ2n) is 2.21. The van der Waals surface area contributed by atoms with E-state index in [4.69, 9.17) is 4.74 Å². The molecule has 1 aromatic carbocycles. The van der Waals surface area contributed by atoms with Crippen LogP contribution in [0, 0.1) is 6.92 Å². The predicted molar refractivity (Wildman–Crippen MR) is 46.6 cm³/mol. The van der Waals surface area contributed by atoms with Gasteiger partial charge in [-0.3, -0.25) is 0 Å². The molecule has 1 radical (unpaired) electrons. The van der Waals surface area contributed by atoms with Gasteiger partial charge in [0, 0.05) is 0 Å². The molecule has 0 aliphatic rings. The first-order valence-corrected chi connectivity index (χ1v) is 3.49. The minimum absolute atomic E-state index is 0.534. The average molecular weight is 147 g/mol. The fraction of sp³-hybridized carbons (Fsp3) is 0.100. The Morgan fingerprint density at radius 3 is 2.73 bits per heavy atom. The van der Waals surface area contributed by atoms with Gasteiger partial charge >= 0.3 is 0 Å². The van der Waals surface area contributed by atoms with E-state index >= 15 is 0 Å². The van der Waals surface area contributed by atoms with Gasteiger partial charge in [0.05, 0.1) is 0 Å². The molecular weight excluding hydrogens is 136 g/mol. The lowest BCUT2D eigenvalue weighted by Crippen LogP contribution is -1.93.